The van der Waals surface area contributed by atoms with Gasteiger partial charge in [-0.2, -0.15) is 5.26 Å². The number of nitrogens with zero attached hydrogens (tertiary/aromatic N) is 2. The highest BCUT2D eigenvalue weighted by Gasteiger charge is 2.33. The molecule has 2 heteroatoms. The van der Waals surface area contributed by atoms with Crippen LogP contribution in [0.5, 0.6) is 0 Å². The highest BCUT2D eigenvalue weighted by atomic mass is 15.2. The van der Waals surface area contributed by atoms with Crippen molar-refractivity contribution in [1.29, 1.82) is 5.26 Å². The maximum absolute atomic E-state index is 9.33. The Morgan fingerprint density at radius 1 is 0.955 bits per heavy atom. The van der Waals surface area contributed by atoms with Crippen molar-refractivity contribution in [1.82, 2.24) is 0 Å². The van der Waals surface area contributed by atoms with Gasteiger partial charge in [0.15, 0.2) is 0 Å². The fourth-order valence-electron chi connectivity index (χ4n) is 3.41. The Hall–Kier alpha value is -2.53. The lowest BCUT2D eigenvalue weighted by molar-refractivity contribution is 0.621. The van der Waals surface area contributed by atoms with Crippen LogP contribution in [0, 0.1) is 18.3 Å². The van der Waals surface area contributed by atoms with Crippen molar-refractivity contribution in [3.05, 3.63) is 65.2 Å². The quantitative estimate of drug-likeness (QED) is 0.721. The van der Waals surface area contributed by atoms with E-state index in [1.54, 1.807) is 0 Å². The monoisotopic (exact) mass is 288 g/mol. The molecule has 2 nitrogen and oxygen atoms in total. The highest BCUT2D eigenvalue weighted by molar-refractivity contribution is 5.86. The average Bonchev–Trinajstić information content (AvgIpc) is 2.48. The van der Waals surface area contributed by atoms with Crippen LogP contribution in [0.3, 0.4) is 0 Å². The van der Waals surface area contributed by atoms with Gasteiger partial charge in [0.25, 0.3) is 0 Å². The number of para-hydroxylation sites is 1. The van der Waals surface area contributed by atoms with Gasteiger partial charge in [0.05, 0.1) is 17.2 Å². The van der Waals surface area contributed by atoms with Crippen LogP contribution in [0.25, 0.3) is 5.57 Å². The summed E-state index contributed by atoms with van der Waals surface area (Å²) in [5, 5.41) is 9.33. The Bertz CT molecular complexity index is 807. The molecule has 0 spiro atoms. The predicted octanol–water partition coefficient (Wildman–Crippen LogP) is 5.20. The molecule has 1 heterocycles. The van der Waals surface area contributed by atoms with Crippen LogP contribution in [0.4, 0.5) is 11.4 Å². The van der Waals surface area contributed by atoms with Gasteiger partial charge in [-0.3, -0.25) is 0 Å². The number of hydrogen-bond donors (Lipinski definition) is 0. The molecule has 2 aromatic carbocycles. The van der Waals surface area contributed by atoms with Crippen molar-refractivity contribution >= 4 is 16.9 Å². The predicted molar refractivity (Wildman–Crippen MR) is 92.2 cm³/mol. The largest absolute Gasteiger partial charge is 0.331 e. The molecule has 0 saturated carbocycles. The van der Waals surface area contributed by atoms with Crippen molar-refractivity contribution in [3.8, 4) is 6.07 Å². The lowest BCUT2D eigenvalue weighted by Gasteiger charge is -2.44. The van der Waals surface area contributed by atoms with Crippen molar-refractivity contribution < 1.29 is 0 Å². The number of hydrogen-bond acceptors (Lipinski definition) is 2. The Morgan fingerprint density at radius 2 is 1.64 bits per heavy atom. The van der Waals surface area contributed by atoms with Gasteiger partial charge in [-0.15, -0.1) is 0 Å². The first-order valence-electron chi connectivity index (χ1n) is 7.54. The summed E-state index contributed by atoms with van der Waals surface area (Å²) in [6, 6.07) is 16.7. The molecule has 0 N–H and O–H groups in total. The zero-order valence-corrected chi connectivity index (χ0v) is 13.5. The summed E-state index contributed by atoms with van der Waals surface area (Å²) in [5.41, 5.74) is 6.47. The number of rotatable bonds is 1. The molecular formula is C20H20N2. The van der Waals surface area contributed by atoms with E-state index in [0.717, 1.165) is 16.8 Å². The van der Waals surface area contributed by atoms with Crippen molar-refractivity contribution in [2.24, 2.45) is 0 Å². The van der Waals surface area contributed by atoms with Crippen LogP contribution < -0.4 is 4.90 Å². The zero-order valence-electron chi connectivity index (χ0n) is 13.5. The smallest absolute Gasteiger partial charge is 0.0995 e. The van der Waals surface area contributed by atoms with Crippen LogP contribution in [-0.4, -0.2) is 5.54 Å². The van der Waals surface area contributed by atoms with E-state index in [4.69, 9.17) is 0 Å². The van der Waals surface area contributed by atoms with E-state index in [1.165, 1.54) is 16.8 Å². The summed E-state index contributed by atoms with van der Waals surface area (Å²) in [4.78, 5) is 2.34. The maximum atomic E-state index is 9.33. The first-order valence-corrected chi connectivity index (χ1v) is 7.54. The molecule has 22 heavy (non-hydrogen) atoms. The van der Waals surface area contributed by atoms with Crippen molar-refractivity contribution in [2.45, 2.75) is 33.2 Å². The molecule has 0 unspecified atom stereocenters. The molecule has 3 rings (SSSR count). The van der Waals surface area contributed by atoms with Gasteiger partial charge in [0.1, 0.15) is 0 Å². The van der Waals surface area contributed by atoms with E-state index < -0.39 is 0 Å². The first-order chi connectivity index (χ1) is 10.5. The Balaban J connectivity index is 2.29. The number of anilines is 2. The second-order valence-corrected chi connectivity index (χ2v) is 6.40. The fraction of sp³-hybridized carbons (Fsp3) is 0.250. The minimum absolute atomic E-state index is 0.142. The molecule has 0 atom stereocenters. The first kappa shape index (κ1) is 14.4. The summed E-state index contributed by atoms with van der Waals surface area (Å²) >= 11 is 0. The van der Waals surface area contributed by atoms with Gasteiger partial charge in [0, 0.05) is 16.9 Å². The number of fused-ring (bicyclic) bond motifs is 1. The summed E-state index contributed by atoms with van der Waals surface area (Å²) in [6.45, 7) is 8.62. The molecule has 0 aliphatic carbocycles. The van der Waals surface area contributed by atoms with Crippen LogP contribution >= 0.6 is 0 Å². The van der Waals surface area contributed by atoms with Crippen LogP contribution in [-0.2, 0) is 0 Å². The SMILES string of the molecule is CC1=CC(C)(C)N(c2cccc(C#N)c2C)c2ccccc21. The third kappa shape index (κ3) is 2.10. The number of nitriles is 1. The van der Waals surface area contributed by atoms with Crippen LogP contribution in [0.15, 0.2) is 48.5 Å². The number of benzene rings is 2. The summed E-state index contributed by atoms with van der Waals surface area (Å²) in [5.74, 6) is 0. The zero-order chi connectivity index (χ0) is 15.9. The molecule has 2 aromatic rings. The minimum Gasteiger partial charge on any atom is -0.331 e. The summed E-state index contributed by atoms with van der Waals surface area (Å²) in [6.07, 6.45) is 2.30. The van der Waals surface area contributed by atoms with Crippen LogP contribution in [0.1, 0.15) is 37.5 Å². The van der Waals surface area contributed by atoms with E-state index in [-0.39, 0.29) is 5.54 Å². The summed E-state index contributed by atoms with van der Waals surface area (Å²) < 4.78 is 0. The van der Waals surface area contributed by atoms with Gasteiger partial charge in [-0.25, -0.2) is 0 Å². The third-order valence-corrected chi connectivity index (χ3v) is 4.38. The Labute approximate surface area is 132 Å². The molecule has 0 bridgehead atoms. The lowest BCUT2D eigenvalue weighted by atomic mass is 9.87. The van der Waals surface area contributed by atoms with E-state index in [0.29, 0.717) is 0 Å². The maximum Gasteiger partial charge on any atom is 0.0995 e. The summed E-state index contributed by atoms with van der Waals surface area (Å²) in [7, 11) is 0. The number of allylic oxidation sites excluding steroid dienone is 1. The Kier molecular flexibility index (Phi) is 3.30. The molecule has 110 valence electrons. The minimum atomic E-state index is -0.142. The van der Waals surface area contributed by atoms with Gasteiger partial charge in [0.2, 0.25) is 0 Å². The van der Waals surface area contributed by atoms with Crippen LogP contribution in [0.2, 0.25) is 0 Å². The van der Waals surface area contributed by atoms with Gasteiger partial charge in [-0.05, 0) is 57.0 Å². The topological polar surface area (TPSA) is 27.0 Å². The molecule has 1 aliphatic heterocycles. The highest BCUT2D eigenvalue weighted by Crippen LogP contribution is 2.44. The van der Waals surface area contributed by atoms with E-state index in [9.17, 15) is 5.26 Å². The lowest BCUT2D eigenvalue weighted by Crippen LogP contribution is -2.42. The molecule has 0 aromatic heterocycles. The fourth-order valence-corrected chi connectivity index (χ4v) is 3.41. The van der Waals surface area contributed by atoms with E-state index >= 15 is 0 Å². The molecule has 1 aliphatic rings. The normalized spacial score (nSPS) is 15.8. The van der Waals surface area contributed by atoms with Gasteiger partial charge < -0.3 is 4.90 Å². The van der Waals surface area contributed by atoms with Gasteiger partial charge in [-0.1, -0.05) is 30.3 Å². The van der Waals surface area contributed by atoms with Crippen molar-refractivity contribution in [2.75, 3.05) is 4.90 Å². The average molecular weight is 288 g/mol. The molecule has 0 radical (unpaired) electrons. The second kappa shape index (κ2) is 5.03. The molecule has 0 saturated heterocycles. The molecule has 0 fully saturated rings. The molecule has 0 amide bonds. The van der Waals surface area contributed by atoms with E-state index in [1.807, 2.05) is 19.1 Å². The molecular weight excluding hydrogens is 268 g/mol. The standard InChI is InChI=1S/C20H20N2/c1-14-12-20(3,4)22(19-10-6-5-9-17(14)19)18-11-7-8-16(13-21)15(18)2/h5-12H,1-4H3. The van der Waals surface area contributed by atoms with Gasteiger partial charge >= 0.3 is 0 Å². The Morgan fingerprint density at radius 3 is 2.36 bits per heavy atom. The van der Waals surface area contributed by atoms with E-state index in [2.05, 4.69) is 68.1 Å². The third-order valence-electron chi connectivity index (χ3n) is 4.38. The second-order valence-electron chi connectivity index (χ2n) is 6.40. The van der Waals surface area contributed by atoms with Crippen molar-refractivity contribution in [3.63, 3.8) is 0 Å².